The topological polar surface area (TPSA) is 29.1 Å². The van der Waals surface area contributed by atoms with Crippen LogP contribution in [0.15, 0.2) is 48.5 Å². The maximum absolute atomic E-state index is 12.6. The second-order valence-electron chi connectivity index (χ2n) is 6.74. The molecule has 0 bridgehead atoms. The lowest BCUT2D eigenvalue weighted by Crippen LogP contribution is -2.33. The third-order valence-corrected chi connectivity index (χ3v) is 5.69. The van der Waals surface area contributed by atoms with Gasteiger partial charge >= 0.3 is 0 Å². The van der Waals surface area contributed by atoms with Crippen molar-refractivity contribution in [3.8, 4) is 0 Å². The molecule has 27 heavy (non-hydrogen) atoms. The molecule has 142 valence electrons. The molecule has 2 nitrogen and oxygen atoms in total. The molecule has 1 aliphatic carbocycles. The lowest BCUT2D eigenvalue weighted by molar-refractivity contribution is -0.125. The van der Waals surface area contributed by atoms with Gasteiger partial charge in [-0.05, 0) is 72.2 Å². The smallest absolute Gasteiger partial charge is 0.223 e. The lowest BCUT2D eigenvalue weighted by atomic mass is 9.78. The molecule has 1 aliphatic rings. The first-order valence-corrected chi connectivity index (χ1v) is 10.4. The number of nitrogens with one attached hydrogen (secondary N) is 1. The van der Waals surface area contributed by atoms with Crippen molar-refractivity contribution in [3.05, 3.63) is 69.7 Å². The number of allylic oxidation sites excluding steroid dienone is 2. The molecule has 0 saturated carbocycles. The van der Waals surface area contributed by atoms with Gasteiger partial charge in [0, 0.05) is 28.4 Å². The first-order valence-electron chi connectivity index (χ1n) is 9.16. The Balaban J connectivity index is 1.91. The average molecular weight is 423 g/mol. The summed E-state index contributed by atoms with van der Waals surface area (Å²) in [6.45, 7) is 0.628. The van der Waals surface area contributed by atoms with Crippen LogP contribution in [0.5, 0.6) is 0 Å². The zero-order valence-corrected chi connectivity index (χ0v) is 17.2. The highest BCUT2D eigenvalue weighted by Crippen LogP contribution is 2.41. The van der Waals surface area contributed by atoms with Gasteiger partial charge in [0.15, 0.2) is 0 Å². The number of hydrogen-bond donors (Lipinski definition) is 1. The van der Waals surface area contributed by atoms with Gasteiger partial charge in [-0.2, -0.15) is 0 Å². The summed E-state index contributed by atoms with van der Waals surface area (Å²) in [5.41, 5.74) is 4.75. The molecule has 5 heteroatoms. The first kappa shape index (κ1) is 20.3. The maximum Gasteiger partial charge on any atom is 0.223 e. The van der Waals surface area contributed by atoms with Crippen molar-refractivity contribution >= 4 is 51.9 Å². The van der Waals surface area contributed by atoms with E-state index in [4.69, 9.17) is 34.8 Å². The molecule has 2 aromatic carbocycles. The van der Waals surface area contributed by atoms with Crippen molar-refractivity contribution in [2.24, 2.45) is 5.92 Å². The van der Waals surface area contributed by atoms with Crippen LogP contribution in [0.3, 0.4) is 0 Å². The van der Waals surface area contributed by atoms with Gasteiger partial charge in [-0.3, -0.25) is 4.79 Å². The van der Waals surface area contributed by atoms with Crippen molar-refractivity contribution in [3.63, 3.8) is 0 Å². The van der Waals surface area contributed by atoms with E-state index in [1.54, 1.807) is 0 Å². The number of rotatable bonds is 6. The summed E-state index contributed by atoms with van der Waals surface area (Å²) < 4.78 is 0. The summed E-state index contributed by atoms with van der Waals surface area (Å²) in [5, 5.41) is 4.44. The van der Waals surface area contributed by atoms with Gasteiger partial charge in [0.25, 0.3) is 0 Å². The predicted octanol–water partition coefficient (Wildman–Crippen LogP) is 6.45. The second kappa shape index (κ2) is 9.64. The van der Waals surface area contributed by atoms with Gasteiger partial charge in [-0.15, -0.1) is 11.6 Å². The SMILES string of the molecule is O=C(NCCCCl)C1CCC(c2ccc(Cl)cc2)=C(c2ccc(Cl)cc2)C1. The molecule has 1 N–H and O–H groups in total. The summed E-state index contributed by atoms with van der Waals surface area (Å²) in [6.07, 6.45) is 3.19. The Morgan fingerprint density at radius 1 is 0.926 bits per heavy atom. The number of carbonyl (C=O) groups is 1. The number of amides is 1. The highest BCUT2D eigenvalue weighted by Gasteiger charge is 2.27. The Labute approximate surface area is 175 Å². The van der Waals surface area contributed by atoms with Gasteiger partial charge < -0.3 is 5.32 Å². The minimum atomic E-state index is -0.0259. The highest BCUT2D eigenvalue weighted by molar-refractivity contribution is 6.31. The van der Waals surface area contributed by atoms with E-state index in [1.165, 1.54) is 11.1 Å². The molecular formula is C22H22Cl3NO. The maximum atomic E-state index is 12.6. The number of halogens is 3. The normalized spacial score (nSPS) is 17.1. The molecule has 0 spiro atoms. The minimum Gasteiger partial charge on any atom is -0.356 e. The quantitative estimate of drug-likeness (QED) is 0.420. The zero-order valence-electron chi connectivity index (χ0n) is 15.0. The van der Waals surface area contributed by atoms with Crippen molar-refractivity contribution in [1.82, 2.24) is 5.32 Å². The van der Waals surface area contributed by atoms with Crippen LogP contribution in [-0.2, 0) is 4.79 Å². The molecule has 1 amide bonds. The molecule has 0 heterocycles. The van der Waals surface area contributed by atoms with Crippen LogP contribution in [0, 0.1) is 5.92 Å². The standard InChI is InChI=1S/C22H22Cl3NO/c23-12-1-13-26-22(27)17-6-11-20(15-2-7-18(24)8-3-15)21(14-17)16-4-9-19(25)10-5-16/h2-5,7-10,17H,1,6,11-14H2,(H,26,27). The Bertz CT molecular complexity index is 812. The summed E-state index contributed by atoms with van der Waals surface area (Å²) in [6, 6.07) is 15.8. The van der Waals surface area contributed by atoms with Crippen LogP contribution in [0.1, 0.15) is 36.8 Å². The van der Waals surface area contributed by atoms with Crippen LogP contribution in [-0.4, -0.2) is 18.3 Å². The molecule has 3 rings (SSSR count). The van der Waals surface area contributed by atoms with Gasteiger partial charge in [0.2, 0.25) is 5.91 Å². The molecule has 0 aliphatic heterocycles. The highest BCUT2D eigenvalue weighted by atomic mass is 35.5. The predicted molar refractivity (Wildman–Crippen MR) is 115 cm³/mol. The van der Waals surface area contributed by atoms with Crippen molar-refractivity contribution in [1.29, 1.82) is 0 Å². The van der Waals surface area contributed by atoms with E-state index in [9.17, 15) is 4.79 Å². The molecule has 1 atom stereocenters. The van der Waals surface area contributed by atoms with E-state index >= 15 is 0 Å². The first-order chi connectivity index (χ1) is 13.1. The fourth-order valence-electron chi connectivity index (χ4n) is 3.50. The van der Waals surface area contributed by atoms with E-state index < -0.39 is 0 Å². The zero-order chi connectivity index (χ0) is 19.2. The van der Waals surface area contributed by atoms with Crippen molar-refractivity contribution in [2.75, 3.05) is 12.4 Å². The van der Waals surface area contributed by atoms with Gasteiger partial charge in [-0.1, -0.05) is 47.5 Å². The van der Waals surface area contributed by atoms with Crippen LogP contribution in [0.25, 0.3) is 11.1 Å². The van der Waals surface area contributed by atoms with Crippen LogP contribution < -0.4 is 5.32 Å². The summed E-state index contributed by atoms with van der Waals surface area (Å²) in [7, 11) is 0. The minimum absolute atomic E-state index is 0.0259. The van der Waals surface area contributed by atoms with Crippen molar-refractivity contribution in [2.45, 2.75) is 25.7 Å². The van der Waals surface area contributed by atoms with Crippen LogP contribution >= 0.6 is 34.8 Å². The number of alkyl halides is 1. The summed E-state index contributed by atoms with van der Waals surface area (Å²) in [5.74, 6) is 0.644. The van der Waals surface area contributed by atoms with Gasteiger partial charge in [0.1, 0.15) is 0 Å². The number of benzene rings is 2. The van der Waals surface area contributed by atoms with E-state index in [2.05, 4.69) is 17.4 Å². The van der Waals surface area contributed by atoms with Crippen LogP contribution in [0.4, 0.5) is 0 Å². The Morgan fingerprint density at radius 2 is 1.48 bits per heavy atom. The average Bonchev–Trinajstić information content (AvgIpc) is 2.69. The van der Waals surface area contributed by atoms with E-state index in [-0.39, 0.29) is 11.8 Å². The summed E-state index contributed by atoms with van der Waals surface area (Å²) in [4.78, 5) is 12.6. The summed E-state index contributed by atoms with van der Waals surface area (Å²) >= 11 is 17.8. The molecule has 0 fully saturated rings. The molecule has 2 aromatic rings. The second-order valence-corrected chi connectivity index (χ2v) is 8.00. The van der Waals surface area contributed by atoms with E-state index in [0.717, 1.165) is 35.4 Å². The fraction of sp³-hybridized carbons (Fsp3) is 0.318. The third-order valence-electron chi connectivity index (χ3n) is 4.92. The van der Waals surface area contributed by atoms with Crippen LogP contribution in [0.2, 0.25) is 10.0 Å². The third kappa shape index (κ3) is 5.28. The fourth-order valence-corrected chi connectivity index (χ4v) is 3.89. The lowest BCUT2D eigenvalue weighted by Gasteiger charge is -2.27. The molecular weight excluding hydrogens is 401 g/mol. The van der Waals surface area contributed by atoms with Gasteiger partial charge in [-0.25, -0.2) is 0 Å². The Kier molecular flexibility index (Phi) is 7.23. The largest absolute Gasteiger partial charge is 0.356 e. The molecule has 0 aromatic heterocycles. The molecule has 0 saturated heterocycles. The molecule has 1 unspecified atom stereocenters. The van der Waals surface area contributed by atoms with Crippen molar-refractivity contribution < 1.29 is 4.79 Å². The monoisotopic (exact) mass is 421 g/mol. The Morgan fingerprint density at radius 3 is 2.04 bits per heavy atom. The van der Waals surface area contributed by atoms with E-state index in [1.807, 2.05) is 36.4 Å². The number of hydrogen-bond acceptors (Lipinski definition) is 1. The number of carbonyl (C=O) groups excluding carboxylic acids is 1. The Hall–Kier alpha value is -1.48. The molecule has 0 radical (unpaired) electrons. The van der Waals surface area contributed by atoms with E-state index in [0.29, 0.717) is 23.9 Å². The van der Waals surface area contributed by atoms with Gasteiger partial charge in [0.05, 0.1) is 0 Å².